The lowest BCUT2D eigenvalue weighted by atomic mass is 10.0. The van der Waals surface area contributed by atoms with Gasteiger partial charge in [0.05, 0.1) is 30.5 Å². The molecule has 5 heteroatoms. The highest BCUT2D eigenvalue weighted by Gasteiger charge is 2.28. The first-order chi connectivity index (χ1) is 13.1. The highest BCUT2D eigenvalue weighted by molar-refractivity contribution is 8.13. The molecule has 3 rings (SSSR count). The van der Waals surface area contributed by atoms with Crippen LogP contribution in [0.5, 0.6) is 5.75 Å². The van der Waals surface area contributed by atoms with Gasteiger partial charge in [0.15, 0.2) is 0 Å². The molecule has 1 fully saturated rings. The van der Waals surface area contributed by atoms with Gasteiger partial charge in [0.25, 0.3) is 0 Å². The molecule has 1 saturated carbocycles. The summed E-state index contributed by atoms with van der Waals surface area (Å²) in [5.74, 6) is 1.69. The standard InChI is InChI=1S/C22H23NO3S/c1-15(22(24)26-3)20-7-5-4-6-17(20)14-27-21(16-8-9-16)23-18-10-12-19(25-2)13-11-18/h4-7,10-13,16H,1,8-9,14H2,2-3H3. The minimum atomic E-state index is -0.401. The number of benzene rings is 2. The van der Waals surface area contributed by atoms with Crippen molar-refractivity contribution in [1.29, 1.82) is 0 Å². The Morgan fingerprint density at radius 3 is 2.48 bits per heavy atom. The van der Waals surface area contributed by atoms with Crippen molar-refractivity contribution >= 4 is 34.0 Å². The number of carbonyl (C=O) groups excluding carboxylic acids is 1. The summed E-state index contributed by atoms with van der Waals surface area (Å²) < 4.78 is 10.0. The molecular formula is C22H23NO3S. The maximum atomic E-state index is 11.9. The number of hydrogen-bond donors (Lipinski definition) is 0. The van der Waals surface area contributed by atoms with Gasteiger partial charge >= 0.3 is 5.97 Å². The van der Waals surface area contributed by atoms with Crippen LogP contribution < -0.4 is 4.74 Å². The zero-order valence-corrected chi connectivity index (χ0v) is 16.4. The van der Waals surface area contributed by atoms with Crippen molar-refractivity contribution in [3.05, 3.63) is 66.2 Å². The second-order valence-electron chi connectivity index (χ2n) is 6.34. The van der Waals surface area contributed by atoms with E-state index < -0.39 is 5.97 Å². The van der Waals surface area contributed by atoms with Crippen LogP contribution in [-0.4, -0.2) is 25.2 Å². The Bertz CT molecular complexity index is 854. The van der Waals surface area contributed by atoms with Gasteiger partial charge in [-0.25, -0.2) is 9.79 Å². The minimum absolute atomic E-state index is 0.383. The number of hydrogen-bond acceptors (Lipinski definition) is 5. The summed E-state index contributed by atoms with van der Waals surface area (Å²) in [6, 6.07) is 15.6. The smallest absolute Gasteiger partial charge is 0.337 e. The predicted octanol–water partition coefficient (Wildman–Crippen LogP) is 5.25. The summed E-state index contributed by atoms with van der Waals surface area (Å²) >= 11 is 1.73. The van der Waals surface area contributed by atoms with Gasteiger partial charge in [0.1, 0.15) is 5.75 Å². The van der Waals surface area contributed by atoms with Gasteiger partial charge in [-0.15, -0.1) is 11.8 Å². The number of nitrogens with zero attached hydrogens (tertiary/aromatic N) is 1. The SMILES string of the molecule is C=C(C(=O)OC)c1ccccc1CSC(=Nc1ccc(OC)cc1)C1CC1. The number of thioether (sulfide) groups is 1. The fourth-order valence-electron chi connectivity index (χ4n) is 2.68. The van der Waals surface area contributed by atoms with Crippen LogP contribution in [0.4, 0.5) is 5.69 Å². The lowest BCUT2D eigenvalue weighted by molar-refractivity contribution is -0.133. The minimum Gasteiger partial charge on any atom is -0.497 e. The summed E-state index contributed by atoms with van der Waals surface area (Å²) in [7, 11) is 3.03. The van der Waals surface area contributed by atoms with E-state index in [2.05, 4.69) is 6.58 Å². The van der Waals surface area contributed by atoms with Gasteiger partial charge in [-0.1, -0.05) is 30.8 Å². The van der Waals surface area contributed by atoms with Gasteiger partial charge in [-0.2, -0.15) is 0 Å². The molecule has 1 aliphatic carbocycles. The van der Waals surface area contributed by atoms with E-state index in [9.17, 15) is 4.79 Å². The average Bonchev–Trinajstić information content (AvgIpc) is 3.56. The van der Waals surface area contributed by atoms with Gasteiger partial charge in [-0.3, -0.25) is 0 Å². The molecule has 0 aromatic heterocycles. The topological polar surface area (TPSA) is 47.9 Å². The largest absolute Gasteiger partial charge is 0.497 e. The first-order valence-electron chi connectivity index (χ1n) is 8.83. The Kier molecular flexibility index (Phi) is 6.35. The summed E-state index contributed by atoms with van der Waals surface area (Å²) in [4.78, 5) is 16.7. The fourth-order valence-corrected chi connectivity index (χ4v) is 3.88. The molecule has 4 nitrogen and oxygen atoms in total. The molecule has 0 aliphatic heterocycles. The maximum absolute atomic E-state index is 11.9. The van der Waals surface area contributed by atoms with Crippen LogP contribution in [0.25, 0.3) is 5.57 Å². The number of aliphatic imine (C=N–C) groups is 1. The number of methoxy groups -OCH3 is 2. The Labute approximate surface area is 164 Å². The van der Waals surface area contributed by atoms with Crippen molar-refractivity contribution in [3.63, 3.8) is 0 Å². The van der Waals surface area contributed by atoms with Crippen molar-refractivity contribution in [1.82, 2.24) is 0 Å². The van der Waals surface area contributed by atoms with E-state index in [0.29, 0.717) is 11.5 Å². The van der Waals surface area contributed by atoms with E-state index in [-0.39, 0.29) is 0 Å². The van der Waals surface area contributed by atoms with Crippen molar-refractivity contribution < 1.29 is 14.3 Å². The molecule has 2 aromatic carbocycles. The maximum Gasteiger partial charge on any atom is 0.337 e. The Morgan fingerprint density at radius 1 is 1.15 bits per heavy atom. The van der Waals surface area contributed by atoms with Crippen LogP contribution in [0.2, 0.25) is 0 Å². The average molecular weight is 381 g/mol. The van der Waals surface area contributed by atoms with Crippen LogP contribution >= 0.6 is 11.8 Å². The van der Waals surface area contributed by atoms with E-state index in [1.54, 1.807) is 18.9 Å². The van der Waals surface area contributed by atoms with E-state index >= 15 is 0 Å². The highest BCUT2D eigenvalue weighted by Crippen LogP contribution is 2.38. The molecule has 140 valence electrons. The van der Waals surface area contributed by atoms with Crippen LogP contribution in [-0.2, 0) is 15.3 Å². The molecule has 0 atom stereocenters. The second kappa shape index (κ2) is 8.91. The van der Waals surface area contributed by atoms with Gasteiger partial charge in [0.2, 0.25) is 0 Å². The third-order valence-corrected chi connectivity index (χ3v) is 5.56. The molecule has 0 radical (unpaired) electrons. The van der Waals surface area contributed by atoms with Crippen molar-refractivity contribution in [2.45, 2.75) is 18.6 Å². The number of esters is 1. The molecule has 0 spiro atoms. The van der Waals surface area contributed by atoms with E-state index in [4.69, 9.17) is 14.5 Å². The van der Waals surface area contributed by atoms with E-state index in [1.807, 2.05) is 48.5 Å². The Balaban J connectivity index is 1.76. The van der Waals surface area contributed by atoms with Crippen LogP contribution in [0.3, 0.4) is 0 Å². The Morgan fingerprint density at radius 2 is 1.85 bits per heavy atom. The quantitative estimate of drug-likeness (QED) is 0.284. The zero-order valence-electron chi connectivity index (χ0n) is 15.6. The lowest BCUT2D eigenvalue weighted by Crippen LogP contribution is -2.05. The summed E-state index contributed by atoms with van der Waals surface area (Å²) in [5, 5.41) is 1.14. The summed E-state index contributed by atoms with van der Waals surface area (Å²) in [6.07, 6.45) is 2.36. The van der Waals surface area contributed by atoms with Crippen molar-refractivity contribution in [2.75, 3.05) is 14.2 Å². The molecule has 0 heterocycles. The highest BCUT2D eigenvalue weighted by atomic mass is 32.2. The molecule has 27 heavy (non-hydrogen) atoms. The molecule has 0 saturated heterocycles. The zero-order chi connectivity index (χ0) is 19.2. The molecule has 0 unspecified atom stereocenters. The summed E-state index contributed by atoms with van der Waals surface area (Å²) in [5.41, 5.74) is 3.20. The third kappa shape index (κ3) is 5.01. The number of carbonyl (C=O) groups is 1. The first-order valence-corrected chi connectivity index (χ1v) is 9.82. The van der Waals surface area contributed by atoms with E-state index in [1.165, 1.54) is 20.0 Å². The molecular weight excluding hydrogens is 358 g/mol. The van der Waals surface area contributed by atoms with Crippen molar-refractivity contribution in [2.24, 2.45) is 10.9 Å². The molecule has 0 N–H and O–H groups in total. The molecule has 0 amide bonds. The monoisotopic (exact) mass is 381 g/mol. The van der Waals surface area contributed by atoms with Crippen LogP contribution in [0.15, 0.2) is 60.1 Å². The number of rotatable bonds is 7. The number of ether oxygens (including phenoxy) is 2. The fraction of sp³-hybridized carbons (Fsp3) is 0.273. The predicted molar refractivity (Wildman–Crippen MR) is 112 cm³/mol. The Hall–Kier alpha value is -2.53. The van der Waals surface area contributed by atoms with Crippen LogP contribution in [0, 0.1) is 5.92 Å². The lowest BCUT2D eigenvalue weighted by Gasteiger charge is -2.11. The molecule has 2 aromatic rings. The van der Waals surface area contributed by atoms with Gasteiger partial charge in [0, 0.05) is 11.7 Å². The third-order valence-electron chi connectivity index (χ3n) is 4.39. The summed E-state index contributed by atoms with van der Waals surface area (Å²) in [6.45, 7) is 3.89. The second-order valence-corrected chi connectivity index (χ2v) is 7.33. The molecule has 1 aliphatic rings. The van der Waals surface area contributed by atoms with Crippen LogP contribution in [0.1, 0.15) is 24.0 Å². The molecule has 0 bridgehead atoms. The first kappa shape index (κ1) is 19.2. The van der Waals surface area contributed by atoms with Crippen molar-refractivity contribution in [3.8, 4) is 5.75 Å². The normalized spacial score (nSPS) is 13.9. The van der Waals surface area contributed by atoms with Gasteiger partial charge in [-0.05, 0) is 48.2 Å². The van der Waals surface area contributed by atoms with Gasteiger partial charge < -0.3 is 9.47 Å². The van der Waals surface area contributed by atoms with E-state index in [0.717, 1.165) is 33.4 Å².